The first-order valence-corrected chi connectivity index (χ1v) is 14.4. The van der Waals surface area contributed by atoms with E-state index in [1.807, 2.05) is 36.4 Å². The Morgan fingerprint density at radius 1 is 0.974 bits per heavy atom. The Morgan fingerprint density at radius 2 is 1.54 bits per heavy atom. The van der Waals surface area contributed by atoms with Gasteiger partial charge in [0.1, 0.15) is 0 Å². The van der Waals surface area contributed by atoms with Crippen LogP contribution in [0.15, 0.2) is 60.7 Å². The molecule has 2 fully saturated rings. The third-order valence-electron chi connectivity index (χ3n) is 8.46. The lowest BCUT2D eigenvalue weighted by atomic mass is 9.65. The molecule has 1 aliphatic carbocycles. The minimum atomic E-state index is -1.22. The molecule has 2 aromatic rings. The number of hydrogen-bond donors (Lipinski definition) is 1. The number of nitrogens with zero attached hydrogens (tertiary/aromatic N) is 3. The predicted octanol–water partition coefficient (Wildman–Crippen LogP) is 4.52. The summed E-state index contributed by atoms with van der Waals surface area (Å²) in [6, 6.07) is 22.8. The van der Waals surface area contributed by atoms with Crippen LogP contribution in [0, 0.1) is 28.6 Å². The molecular weight excluding hydrogens is 488 g/mol. The number of benzene rings is 2. The van der Waals surface area contributed by atoms with Crippen molar-refractivity contribution in [2.75, 3.05) is 32.8 Å². The highest BCUT2D eigenvalue weighted by atomic mass is 16.5. The summed E-state index contributed by atoms with van der Waals surface area (Å²) in [5.74, 6) is -1.06. The topological polar surface area (TPSA) is 99.7 Å². The molecule has 2 atom stereocenters. The first-order valence-electron chi connectivity index (χ1n) is 14.4. The van der Waals surface area contributed by atoms with Crippen molar-refractivity contribution in [1.82, 2.24) is 9.80 Å². The summed E-state index contributed by atoms with van der Waals surface area (Å²) in [5, 5.41) is 10.6. The van der Waals surface area contributed by atoms with Gasteiger partial charge < -0.3 is 15.4 Å². The maximum Gasteiger partial charge on any atom is 0.225 e. The summed E-state index contributed by atoms with van der Waals surface area (Å²) in [7, 11) is 0. The standard InChI is InChI=1S/C32H42N4O3/c33-22-29(25-35(23-27-12-6-2-7-13-27)24-28-14-8-3-9-15-28)32(31(34)38,20-26-10-4-1-5-11-26)21-30(37)36-16-18-39-19-17-36/h2-3,6-9,12-15,26,29H,1,4-5,10-11,16-21,23-25H2,(H2,34,38). The molecule has 208 valence electrons. The molecule has 2 amide bonds. The second-order valence-electron chi connectivity index (χ2n) is 11.2. The van der Waals surface area contributed by atoms with Crippen molar-refractivity contribution in [1.29, 1.82) is 5.26 Å². The molecule has 7 heteroatoms. The van der Waals surface area contributed by atoms with Crippen molar-refractivity contribution in [3.8, 4) is 6.07 Å². The van der Waals surface area contributed by atoms with Gasteiger partial charge in [-0.1, -0.05) is 92.8 Å². The number of nitriles is 1. The second kappa shape index (κ2) is 14.3. The van der Waals surface area contributed by atoms with Gasteiger partial charge in [0.25, 0.3) is 0 Å². The maximum absolute atomic E-state index is 13.6. The Balaban J connectivity index is 1.64. The number of carbonyl (C=O) groups excluding carboxylic acids is 2. The fourth-order valence-electron chi connectivity index (χ4n) is 6.26. The van der Waals surface area contributed by atoms with Gasteiger partial charge >= 0.3 is 0 Å². The van der Waals surface area contributed by atoms with Crippen LogP contribution < -0.4 is 5.73 Å². The van der Waals surface area contributed by atoms with E-state index >= 15 is 0 Å². The quantitative estimate of drug-likeness (QED) is 0.435. The van der Waals surface area contributed by atoms with Crippen LogP contribution in [0.25, 0.3) is 0 Å². The lowest BCUT2D eigenvalue weighted by Crippen LogP contribution is -2.52. The van der Waals surface area contributed by atoms with Crippen molar-refractivity contribution in [2.24, 2.45) is 23.0 Å². The highest BCUT2D eigenvalue weighted by molar-refractivity contribution is 5.88. The maximum atomic E-state index is 13.6. The zero-order valence-electron chi connectivity index (χ0n) is 23.0. The number of morpholine rings is 1. The lowest BCUT2D eigenvalue weighted by Gasteiger charge is -2.41. The van der Waals surface area contributed by atoms with E-state index in [4.69, 9.17) is 10.5 Å². The third kappa shape index (κ3) is 7.90. The molecule has 2 unspecified atom stereocenters. The fraction of sp³-hybridized carbons (Fsp3) is 0.531. The van der Waals surface area contributed by atoms with E-state index in [0.29, 0.717) is 52.4 Å². The van der Waals surface area contributed by atoms with Crippen LogP contribution >= 0.6 is 0 Å². The van der Waals surface area contributed by atoms with Crippen LogP contribution in [0.5, 0.6) is 0 Å². The van der Waals surface area contributed by atoms with Crippen LogP contribution in [-0.2, 0) is 27.4 Å². The van der Waals surface area contributed by atoms with E-state index < -0.39 is 17.2 Å². The first kappa shape index (κ1) is 28.8. The molecule has 0 spiro atoms. The van der Waals surface area contributed by atoms with E-state index in [9.17, 15) is 14.9 Å². The summed E-state index contributed by atoms with van der Waals surface area (Å²) < 4.78 is 5.44. The Kier molecular flexibility index (Phi) is 10.5. The average Bonchev–Trinajstić information content (AvgIpc) is 2.97. The summed E-state index contributed by atoms with van der Waals surface area (Å²) in [6.45, 7) is 3.59. The molecule has 2 aliphatic rings. The van der Waals surface area contributed by atoms with Gasteiger partial charge in [0, 0.05) is 39.1 Å². The summed E-state index contributed by atoms with van der Waals surface area (Å²) in [6.07, 6.45) is 5.90. The van der Waals surface area contributed by atoms with E-state index in [2.05, 4.69) is 35.2 Å². The molecule has 2 aromatic carbocycles. The fourth-order valence-corrected chi connectivity index (χ4v) is 6.26. The second-order valence-corrected chi connectivity index (χ2v) is 11.2. The van der Waals surface area contributed by atoms with Gasteiger partial charge in [-0.05, 0) is 23.5 Å². The highest BCUT2D eigenvalue weighted by Gasteiger charge is 2.49. The largest absolute Gasteiger partial charge is 0.378 e. The third-order valence-corrected chi connectivity index (χ3v) is 8.46. The SMILES string of the molecule is N#CC(CN(Cc1ccccc1)Cc1ccccc1)C(CC(=O)N1CCOCC1)(CC1CCCCC1)C(N)=O. The smallest absolute Gasteiger partial charge is 0.225 e. The van der Waals surface area contributed by atoms with E-state index in [1.54, 1.807) is 4.90 Å². The number of primary amides is 1. The number of amides is 2. The van der Waals surface area contributed by atoms with Gasteiger partial charge in [0.05, 0.1) is 30.6 Å². The number of nitrogens with two attached hydrogens (primary N) is 1. The minimum absolute atomic E-state index is 0.0262. The van der Waals surface area contributed by atoms with Crippen LogP contribution in [0.3, 0.4) is 0 Å². The van der Waals surface area contributed by atoms with Gasteiger partial charge in [-0.25, -0.2) is 0 Å². The summed E-state index contributed by atoms with van der Waals surface area (Å²) in [4.78, 5) is 31.0. The Hall–Kier alpha value is -3.21. The molecule has 4 rings (SSSR count). The molecular formula is C32H42N4O3. The van der Waals surface area contributed by atoms with Crippen LogP contribution in [0.2, 0.25) is 0 Å². The van der Waals surface area contributed by atoms with Gasteiger partial charge in [0.15, 0.2) is 0 Å². The Bertz CT molecular complexity index is 1050. The lowest BCUT2D eigenvalue weighted by molar-refractivity contribution is -0.146. The molecule has 0 bridgehead atoms. The molecule has 0 aromatic heterocycles. The van der Waals surface area contributed by atoms with Crippen molar-refractivity contribution < 1.29 is 14.3 Å². The van der Waals surface area contributed by atoms with Gasteiger partial charge in [0.2, 0.25) is 11.8 Å². The highest BCUT2D eigenvalue weighted by Crippen LogP contribution is 2.43. The molecule has 0 radical (unpaired) electrons. The van der Waals surface area contributed by atoms with Crippen LogP contribution in [0.4, 0.5) is 0 Å². The zero-order chi connectivity index (χ0) is 27.5. The number of hydrogen-bond acceptors (Lipinski definition) is 5. The minimum Gasteiger partial charge on any atom is -0.378 e. The summed E-state index contributed by atoms with van der Waals surface area (Å²) in [5.41, 5.74) is 7.26. The summed E-state index contributed by atoms with van der Waals surface area (Å²) >= 11 is 0. The normalized spacial score (nSPS) is 18.7. The van der Waals surface area contributed by atoms with E-state index in [-0.39, 0.29) is 18.2 Å². The van der Waals surface area contributed by atoms with E-state index in [1.165, 1.54) is 6.42 Å². The Labute approximate surface area is 232 Å². The van der Waals surface area contributed by atoms with Gasteiger partial charge in [-0.3, -0.25) is 14.5 Å². The van der Waals surface area contributed by atoms with E-state index in [0.717, 1.165) is 36.8 Å². The molecule has 7 nitrogen and oxygen atoms in total. The van der Waals surface area contributed by atoms with Crippen molar-refractivity contribution in [2.45, 2.75) is 58.0 Å². The number of carbonyl (C=O) groups is 2. The Morgan fingerprint density at radius 3 is 2.05 bits per heavy atom. The van der Waals surface area contributed by atoms with Crippen molar-refractivity contribution in [3.05, 3.63) is 71.8 Å². The zero-order valence-corrected chi connectivity index (χ0v) is 23.0. The molecule has 39 heavy (non-hydrogen) atoms. The van der Waals surface area contributed by atoms with Gasteiger partial charge in [-0.15, -0.1) is 0 Å². The van der Waals surface area contributed by atoms with Crippen LogP contribution in [-0.4, -0.2) is 54.5 Å². The molecule has 1 aliphatic heterocycles. The van der Waals surface area contributed by atoms with Gasteiger partial charge in [-0.2, -0.15) is 5.26 Å². The average molecular weight is 531 g/mol. The monoisotopic (exact) mass is 530 g/mol. The first-order chi connectivity index (χ1) is 19.0. The predicted molar refractivity (Wildman–Crippen MR) is 151 cm³/mol. The molecule has 1 heterocycles. The molecule has 2 N–H and O–H groups in total. The van der Waals surface area contributed by atoms with Crippen molar-refractivity contribution >= 4 is 11.8 Å². The number of ether oxygens (including phenoxy) is 1. The molecule has 1 saturated carbocycles. The molecule has 1 saturated heterocycles. The number of rotatable bonds is 12. The van der Waals surface area contributed by atoms with Crippen molar-refractivity contribution in [3.63, 3.8) is 0 Å². The van der Waals surface area contributed by atoms with Crippen LogP contribution in [0.1, 0.15) is 56.1 Å².